The number of pyridine rings is 2. The van der Waals surface area contributed by atoms with Gasteiger partial charge in [0, 0.05) is 36.9 Å². The van der Waals surface area contributed by atoms with Gasteiger partial charge in [-0.05, 0) is 25.3 Å². The van der Waals surface area contributed by atoms with Gasteiger partial charge in [-0.1, -0.05) is 34.1 Å². The van der Waals surface area contributed by atoms with E-state index in [-0.39, 0.29) is 48.5 Å². The van der Waals surface area contributed by atoms with Crippen molar-refractivity contribution < 1.29 is 26.7 Å². The maximum atomic E-state index is 14.6. The topological polar surface area (TPSA) is 68.3 Å². The van der Waals surface area contributed by atoms with Gasteiger partial charge in [-0.3, -0.25) is 14.2 Å². The molecule has 1 aliphatic rings. The number of hydrogen-bond acceptors (Lipinski definition) is 4. The summed E-state index contributed by atoms with van der Waals surface area (Å²) in [6.07, 6.45) is 3.82. The highest BCUT2D eigenvalue weighted by Gasteiger charge is 2.29. The van der Waals surface area contributed by atoms with Crippen molar-refractivity contribution in [3.05, 3.63) is 54.5 Å². The quantitative estimate of drug-likeness (QED) is 0.274. The molecule has 0 spiro atoms. The summed E-state index contributed by atoms with van der Waals surface area (Å²) >= 11 is 0. The second-order valence-corrected chi connectivity index (χ2v) is 8.65. The number of fused-ring (bicyclic) bond motifs is 2. The Kier molecular flexibility index (Phi) is 9.05. The zero-order valence-electron chi connectivity index (χ0n) is 19.0. The fourth-order valence-electron chi connectivity index (χ4n) is 4.46. The molecule has 1 aliphatic heterocycles. The maximum absolute atomic E-state index is 14.6. The van der Waals surface area contributed by atoms with Crippen LogP contribution in [0.2, 0.25) is 0 Å². The van der Waals surface area contributed by atoms with Gasteiger partial charge < -0.3 is 4.90 Å². The first-order valence-electron chi connectivity index (χ1n) is 11.6. The molecule has 0 saturated carbocycles. The maximum Gasteiger partial charge on any atom is 0.289 e. The number of carbonyl (C=O) groups excluding carboxylic acids is 1. The Morgan fingerprint density at radius 1 is 0.947 bits per heavy atom. The average Bonchev–Trinajstić information content (AvgIpc) is 3.47. The first-order chi connectivity index (χ1) is 17.3. The van der Waals surface area contributed by atoms with Gasteiger partial charge in [-0.15, -0.1) is 0 Å². The zero-order chi connectivity index (χ0) is 25.4. The first kappa shape index (κ1) is 29.0. The molecule has 5 rings (SSSR count). The van der Waals surface area contributed by atoms with Crippen LogP contribution in [-0.4, -0.2) is 54.5 Å². The van der Waals surface area contributed by atoms with E-state index in [1.807, 2.05) is 0 Å². The van der Waals surface area contributed by atoms with E-state index in [0.29, 0.717) is 23.8 Å². The van der Waals surface area contributed by atoms with Crippen LogP contribution in [-0.2, 0) is 0 Å². The van der Waals surface area contributed by atoms with Crippen molar-refractivity contribution in [2.24, 2.45) is 0 Å². The predicted octanol–water partition coefficient (Wildman–Crippen LogP) is 6.64. The number of halogens is 5. The lowest BCUT2D eigenvalue weighted by atomic mass is 10.1. The summed E-state index contributed by atoms with van der Waals surface area (Å²) in [4.78, 5) is 23.0. The van der Waals surface area contributed by atoms with Crippen molar-refractivity contribution in [3.63, 3.8) is 0 Å². The molecule has 205 valence electrons. The smallest absolute Gasteiger partial charge is 0.289 e. The van der Waals surface area contributed by atoms with Gasteiger partial charge >= 0.3 is 0 Å². The van der Waals surface area contributed by atoms with Crippen molar-refractivity contribution in [2.45, 2.75) is 59.7 Å². The number of imidazole rings is 1. The number of alkyl halides is 3. The summed E-state index contributed by atoms with van der Waals surface area (Å²) in [5.74, 6) is -2.23. The fraction of sp³-hybridized carbons (Fsp3) is 0.423. The second kappa shape index (κ2) is 11.9. The number of amides is 1. The average molecular weight is 538 g/mol. The number of hydrogen-bond donors (Lipinski definition) is 0. The lowest BCUT2D eigenvalue weighted by Crippen LogP contribution is -2.33. The van der Waals surface area contributed by atoms with Crippen molar-refractivity contribution in [1.82, 2.24) is 29.0 Å². The highest BCUT2D eigenvalue weighted by atomic mass is 19.3. The molecule has 1 atom stereocenters. The SMILES string of the molecule is C.C.O=C(c1cc2c(cn1)c(-c1cnc3c(F)cc(F)cn13)nn2C(F)C(F)F)N1CC[CH]CCCCC1. The standard InChI is InChI=1S/C24H22F5N6O.2CH4/c25-14-9-16(26)23-31-12-19(34(23)13-14)20-15-11-30-17(10-18(15)35(32-20)22(29)21(27)28)24(36)33-7-5-3-1-2-4-6-8-33;;/h3,9-13,21-22H,1-2,4-8H2;2*1H4. The minimum atomic E-state index is -3.40. The molecule has 1 radical (unpaired) electrons. The summed E-state index contributed by atoms with van der Waals surface area (Å²) in [7, 11) is 0. The van der Waals surface area contributed by atoms with Gasteiger partial charge in [0.15, 0.2) is 11.5 Å². The van der Waals surface area contributed by atoms with E-state index in [0.717, 1.165) is 42.7 Å². The first-order valence-corrected chi connectivity index (χ1v) is 11.6. The highest BCUT2D eigenvalue weighted by Crippen LogP contribution is 2.33. The van der Waals surface area contributed by atoms with Crippen LogP contribution in [0.4, 0.5) is 22.0 Å². The number of rotatable bonds is 4. The van der Waals surface area contributed by atoms with Gasteiger partial charge in [0.2, 0.25) is 0 Å². The van der Waals surface area contributed by atoms with Gasteiger partial charge in [-0.2, -0.15) is 5.10 Å². The molecular weight excluding hydrogens is 507 g/mol. The van der Waals surface area contributed by atoms with E-state index < -0.39 is 30.3 Å². The van der Waals surface area contributed by atoms with Crippen LogP contribution in [0.3, 0.4) is 0 Å². The molecule has 4 aromatic heterocycles. The van der Waals surface area contributed by atoms with E-state index in [1.165, 1.54) is 18.5 Å². The second-order valence-electron chi connectivity index (χ2n) is 8.65. The van der Waals surface area contributed by atoms with Gasteiger partial charge in [0.1, 0.15) is 17.2 Å². The molecule has 4 aromatic rings. The van der Waals surface area contributed by atoms with E-state index in [4.69, 9.17) is 0 Å². The van der Waals surface area contributed by atoms with Crippen molar-refractivity contribution >= 4 is 22.5 Å². The molecule has 7 nitrogen and oxygen atoms in total. The Bertz CT molecular complexity index is 1410. The molecule has 0 bridgehead atoms. The number of nitrogens with zero attached hydrogens (tertiary/aromatic N) is 6. The largest absolute Gasteiger partial charge is 0.337 e. The van der Waals surface area contributed by atoms with E-state index in [1.54, 1.807) is 4.90 Å². The summed E-state index contributed by atoms with van der Waals surface area (Å²) in [6.45, 7) is 1.02. The van der Waals surface area contributed by atoms with Crippen LogP contribution >= 0.6 is 0 Å². The van der Waals surface area contributed by atoms with Crippen LogP contribution in [0.25, 0.3) is 27.9 Å². The zero-order valence-corrected chi connectivity index (χ0v) is 19.0. The molecule has 1 amide bonds. The monoisotopic (exact) mass is 537 g/mol. The third-order valence-electron chi connectivity index (χ3n) is 6.25. The van der Waals surface area contributed by atoms with Crippen LogP contribution < -0.4 is 0 Å². The molecule has 0 aromatic carbocycles. The van der Waals surface area contributed by atoms with Crippen molar-refractivity contribution in [3.8, 4) is 11.4 Å². The lowest BCUT2D eigenvalue weighted by Gasteiger charge is -2.21. The third-order valence-corrected chi connectivity index (χ3v) is 6.25. The summed E-state index contributed by atoms with van der Waals surface area (Å²) < 4.78 is 70.9. The van der Waals surface area contributed by atoms with E-state index in [2.05, 4.69) is 21.5 Å². The van der Waals surface area contributed by atoms with E-state index >= 15 is 0 Å². The Labute approximate surface area is 217 Å². The predicted molar refractivity (Wildman–Crippen MR) is 135 cm³/mol. The van der Waals surface area contributed by atoms with Crippen LogP contribution in [0.1, 0.15) is 63.7 Å². The van der Waals surface area contributed by atoms with Crippen molar-refractivity contribution in [1.29, 1.82) is 0 Å². The van der Waals surface area contributed by atoms with Gasteiger partial charge in [-0.25, -0.2) is 31.6 Å². The van der Waals surface area contributed by atoms with Crippen molar-refractivity contribution in [2.75, 3.05) is 13.1 Å². The molecule has 38 heavy (non-hydrogen) atoms. The summed E-state index contributed by atoms with van der Waals surface area (Å²) in [5.41, 5.74) is -0.367. The van der Waals surface area contributed by atoms with Crippen LogP contribution in [0.5, 0.6) is 0 Å². The third kappa shape index (κ3) is 5.34. The van der Waals surface area contributed by atoms with E-state index in [9.17, 15) is 26.7 Å². The van der Waals surface area contributed by atoms with Gasteiger partial charge in [0.25, 0.3) is 18.6 Å². The Hall–Kier alpha value is -3.57. The molecule has 0 N–H and O–H groups in total. The normalized spacial score (nSPS) is 15.5. The summed E-state index contributed by atoms with van der Waals surface area (Å²) in [6, 6.07) is 1.88. The molecular formula is C26H30F5N6O. The molecule has 1 unspecified atom stereocenters. The van der Waals surface area contributed by atoms with Crippen LogP contribution in [0, 0.1) is 18.1 Å². The molecule has 5 heterocycles. The minimum absolute atomic E-state index is 0. The molecule has 0 aliphatic carbocycles. The Morgan fingerprint density at radius 2 is 1.74 bits per heavy atom. The van der Waals surface area contributed by atoms with Gasteiger partial charge in [0.05, 0.1) is 17.4 Å². The lowest BCUT2D eigenvalue weighted by molar-refractivity contribution is 0.00356. The Morgan fingerprint density at radius 3 is 2.50 bits per heavy atom. The minimum Gasteiger partial charge on any atom is -0.337 e. The molecule has 1 saturated heterocycles. The van der Waals surface area contributed by atoms with Crippen LogP contribution in [0.15, 0.2) is 30.7 Å². The Balaban J connectivity index is 0.00000200. The summed E-state index contributed by atoms with van der Waals surface area (Å²) in [5, 5.41) is 4.13. The fourth-order valence-corrected chi connectivity index (χ4v) is 4.46. The molecule has 1 fully saturated rings. The number of carbonyl (C=O) groups is 1. The molecule has 12 heteroatoms. The highest BCUT2D eigenvalue weighted by molar-refractivity contribution is 5.99. The number of aromatic nitrogens is 5.